The van der Waals surface area contributed by atoms with Crippen LogP contribution in [0.15, 0.2) is 32.5 Å². The van der Waals surface area contributed by atoms with Gasteiger partial charge in [0.15, 0.2) is 0 Å². The van der Waals surface area contributed by atoms with Crippen molar-refractivity contribution in [3.63, 3.8) is 0 Å². The molecule has 82 valence electrons. The lowest BCUT2D eigenvalue weighted by atomic mass is 10.4. The zero-order valence-corrected chi connectivity index (χ0v) is 10.8. The van der Waals surface area contributed by atoms with Crippen molar-refractivity contribution < 1.29 is 4.42 Å². The molecule has 0 atom stereocenters. The minimum atomic E-state index is 0.356. The van der Waals surface area contributed by atoms with Crippen LogP contribution in [0.1, 0.15) is 16.4 Å². The van der Waals surface area contributed by atoms with E-state index in [2.05, 4.69) is 21.2 Å². The molecular formula is C11H9BrN2OS. The molecule has 3 nitrogen and oxygen atoms in total. The standard InChI is InChI=1S/C11H9BrN2OS/c12-10-3-4-16-11(10)7-14-6-9-2-1-8(5-13)15-9/h1-4,14H,6-7H2. The normalized spacial score (nSPS) is 10.2. The number of furan rings is 1. The third-order valence-electron chi connectivity index (χ3n) is 2.05. The second kappa shape index (κ2) is 5.30. The van der Waals surface area contributed by atoms with Gasteiger partial charge in [-0.2, -0.15) is 5.26 Å². The van der Waals surface area contributed by atoms with Crippen molar-refractivity contribution in [2.24, 2.45) is 0 Å². The van der Waals surface area contributed by atoms with E-state index in [0.29, 0.717) is 12.3 Å². The summed E-state index contributed by atoms with van der Waals surface area (Å²) in [4.78, 5) is 1.26. The zero-order valence-electron chi connectivity index (χ0n) is 8.37. The molecule has 0 saturated heterocycles. The van der Waals surface area contributed by atoms with Crippen molar-refractivity contribution in [3.8, 4) is 6.07 Å². The molecule has 2 heterocycles. The van der Waals surface area contributed by atoms with Crippen molar-refractivity contribution in [1.82, 2.24) is 5.32 Å². The van der Waals surface area contributed by atoms with Gasteiger partial charge in [-0.3, -0.25) is 0 Å². The highest BCUT2D eigenvalue weighted by Gasteiger charge is 2.03. The van der Waals surface area contributed by atoms with Crippen molar-refractivity contribution in [1.29, 1.82) is 5.26 Å². The third kappa shape index (κ3) is 2.73. The monoisotopic (exact) mass is 296 g/mol. The van der Waals surface area contributed by atoms with Gasteiger partial charge in [0.2, 0.25) is 5.76 Å². The van der Waals surface area contributed by atoms with E-state index in [1.165, 1.54) is 4.88 Å². The van der Waals surface area contributed by atoms with Crippen LogP contribution in [-0.2, 0) is 13.1 Å². The predicted octanol–water partition coefficient (Wildman–Crippen LogP) is 3.27. The second-order valence-electron chi connectivity index (χ2n) is 3.17. The molecule has 16 heavy (non-hydrogen) atoms. The van der Waals surface area contributed by atoms with Gasteiger partial charge < -0.3 is 9.73 Å². The predicted molar refractivity (Wildman–Crippen MR) is 66.0 cm³/mol. The van der Waals surface area contributed by atoms with Crippen LogP contribution < -0.4 is 5.32 Å². The molecule has 0 amide bonds. The smallest absolute Gasteiger partial charge is 0.203 e. The molecule has 2 aromatic rings. The van der Waals surface area contributed by atoms with Crippen LogP contribution in [0.4, 0.5) is 0 Å². The summed E-state index contributed by atoms with van der Waals surface area (Å²) < 4.78 is 6.38. The van der Waals surface area contributed by atoms with Gasteiger partial charge in [-0.15, -0.1) is 11.3 Å². The van der Waals surface area contributed by atoms with Gasteiger partial charge in [-0.05, 0) is 39.5 Å². The summed E-state index contributed by atoms with van der Waals surface area (Å²) in [6.07, 6.45) is 0. The van der Waals surface area contributed by atoms with Crippen LogP contribution >= 0.6 is 27.3 Å². The Kier molecular flexibility index (Phi) is 3.78. The molecular weight excluding hydrogens is 288 g/mol. The Morgan fingerprint density at radius 1 is 1.38 bits per heavy atom. The summed E-state index contributed by atoms with van der Waals surface area (Å²) in [5, 5.41) is 13.9. The summed E-state index contributed by atoms with van der Waals surface area (Å²) in [6, 6.07) is 7.48. The van der Waals surface area contributed by atoms with Gasteiger partial charge in [0.05, 0.1) is 6.54 Å². The SMILES string of the molecule is N#Cc1ccc(CNCc2sccc2Br)o1. The fourth-order valence-electron chi connectivity index (χ4n) is 1.28. The summed E-state index contributed by atoms with van der Waals surface area (Å²) in [5.41, 5.74) is 0. The molecule has 0 radical (unpaired) electrons. The number of nitrogens with one attached hydrogen (secondary N) is 1. The van der Waals surface area contributed by atoms with Crippen molar-refractivity contribution in [3.05, 3.63) is 44.4 Å². The largest absolute Gasteiger partial charge is 0.449 e. The molecule has 0 aliphatic carbocycles. The number of hydrogen-bond donors (Lipinski definition) is 1. The molecule has 2 rings (SSSR count). The first-order chi connectivity index (χ1) is 7.79. The van der Waals surface area contributed by atoms with E-state index < -0.39 is 0 Å². The van der Waals surface area contributed by atoms with E-state index >= 15 is 0 Å². The van der Waals surface area contributed by atoms with E-state index in [1.54, 1.807) is 17.4 Å². The summed E-state index contributed by atoms with van der Waals surface area (Å²) in [5.74, 6) is 1.14. The number of rotatable bonds is 4. The topological polar surface area (TPSA) is 49.0 Å². The molecule has 0 aliphatic heterocycles. The Hall–Kier alpha value is -1.09. The number of nitrogens with zero attached hydrogens (tertiary/aromatic N) is 1. The van der Waals surface area contributed by atoms with Crippen molar-refractivity contribution in [2.45, 2.75) is 13.1 Å². The molecule has 0 aliphatic rings. The third-order valence-corrected chi connectivity index (χ3v) is 3.97. The van der Waals surface area contributed by atoms with Gasteiger partial charge >= 0.3 is 0 Å². The second-order valence-corrected chi connectivity index (χ2v) is 5.03. The Balaban J connectivity index is 1.85. The van der Waals surface area contributed by atoms with Crippen LogP contribution in [0.5, 0.6) is 0 Å². The van der Waals surface area contributed by atoms with E-state index in [-0.39, 0.29) is 0 Å². The van der Waals surface area contributed by atoms with Gasteiger partial charge in [0, 0.05) is 15.9 Å². The fourth-order valence-corrected chi connectivity index (χ4v) is 2.75. The zero-order chi connectivity index (χ0) is 11.4. The van der Waals surface area contributed by atoms with Gasteiger partial charge in [0.1, 0.15) is 11.8 Å². The molecule has 0 aromatic carbocycles. The Morgan fingerprint density at radius 3 is 2.88 bits per heavy atom. The molecule has 0 fully saturated rings. The highest BCUT2D eigenvalue weighted by Crippen LogP contribution is 2.22. The van der Waals surface area contributed by atoms with Crippen molar-refractivity contribution >= 4 is 27.3 Å². The molecule has 2 aromatic heterocycles. The molecule has 0 bridgehead atoms. The maximum atomic E-state index is 8.59. The molecule has 1 N–H and O–H groups in total. The summed E-state index contributed by atoms with van der Waals surface area (Å²) in [6.45, 7) is 1.42. The number of halogens is 1. The lowest BCUT2D eigenvalue weighted by Gasteiger charge is -2.00. The van der Waals surface area contributed by atoms with E-state index in [1.807, 2.05) is 23.6 Å². The maximum Gasteiger partial charge on any atom is 0.203 e. The van der Waals surface area contributed by atoms with Crippen LogP contribution in [-0.4, -0.2) is 0 Å². The Morgan fingerprint density at radius 2 is 2.25 bits per heavy atom. The number of hydrogen-bond acceptors (Lipinski definition) is 4. The van der Waals surface area contributed by atoms with Crippen molar-refractivity contribution in [2.75, 3.05) is 0 Å². The number of thiophene rings is 1. The Bertz CT molecular complexity index is 512. The van der Waals surface area contributed by atoms with E-state index in [9.17, 15) is 0 Å². The molecule has 0 unspecified atom stereocenters. The summed E-state index contributed by atoms with van der Waals surface area (Å²) in [7, 11) is 0. The minimum Gasteiger partial charge on any atom is -0.449 e. The highest BCUT2D eigenvalue weighted by atomic mass is 79.9. The molecule has 0 saturated carbocycles. The van der Waals surface area contributed by atoms with Gasteiger partial charge in [-0.1, -0.05) is 0 Å². The first-order valence-electron chi connectivity index (χ1n) is 4.71. The quantitative estimate of drug-likeness (QED) is 0.942. The van der Waals surface area contributed by atoms with E-state index in [0.717, 1.165) is 16.8 Å². The maximum absolute atomic E-state index is 8.59. The Labute approximate surface area is 106 Å². The fraction of sp³-hybridized carbons (Fsp3) is 0.182. The molecule has 0 spiro atoms. The minimum absolute atomic E-state index is 0.356. The summed E-state index contributed by atoms with van der Waals surface area (Å²) >= 11 is 5.17. The van der Waals surface area contributed by atoms with E-state index in [4.69, 9.17) is 9.68 Å². The molecule has 5 heteroatoms. The first-order valence-corrected chi connectivity index (χ1v) is 6.38. The van der Waals surface area contributed by atoms with Crippen LogP contribution in [0, 0.1) is 11.3 Å². The van der Waals surface area contributed by atoms with Crippen LogP contribution in [0.2, 0.25) is 0 Å². The lowest BCUT2D eigenvalue weighted by molar-refractivity contribution is 0.474. The van der Waals surface area contributed by atoms with Gasteiger partial charge in [-0.25, -0.2) is 0 Å². The number of nitriles is 1. The van der Waals surface area contributed by atoms with Gasteiger partial charge in [0.25, 0.3) is 0 Å². The first kappa shape index (κ1) is 11.4. The average Bonchev–Trinajstić information content (AvgIpc) is 2.89. The average molecular weight is 297 g/mol. The highest BCUT2D eigenvalue weighted by molar-refractivity contribution is 9.10. The van der Waals surface area contributed by atoms with Crippen LogP contribution in [0.3, 0.4) is 0 Å². The van der Waals surface area contributed by atoms with Crippen LogP contribution in [0.25, 0.3) is 0 Å². The lowest BCUT2D eigenvalue weighted by Crippen LogP contribution is -2.11.